The zero-order valence-corrected chi connectivity index (χ0v) is 19.1. The highest BCUT2D eigenvalue weighted by atomic mass is 16.7. The van der Waals surface area contributed by atoms with Gasteiger partial charge in [0.1, 0.15) is 5.75 Å². The molecule has 0 bridgehead atoms. The minimum Gasteiger partial charge on any atom is -0.497 e. The first kappa shape index (κ1) is 23.6. The van der Waals surface area contributed by atoms with E-state index in [1.54, 1.807) is 60.7 Å². The van der Waals surface area contributed by atoms with Gasteiger partial charge in [0.05, 0.1) is 25.4 Å². The highest BCUT2D eigenvalue weighted by molar-refractivity contribution is 6.26. The molecule has 0 saturated heterocycles. The molecule has 0 aliphatic carbocycles. The van der Waals surface area contributed by atoms with Gasteiger partial charge in [-0.3, -0.25) is 4.79 Å². The minimum atomic E-state index is -1.27. The second-order valence-corrected chi connectivity index (χ2v) is 7.65. The van der Waals surface area contributed by atoms with Gasteiger partial charge >= 0.3 is 11.9 Å². The van der Waals surface area contributed by atoms with Crippen molar-refractivity contribution in [3.8, 4) is 17.2 Å². The fraction of sp³-hybridized carbons (Fsp3) is 0.148. The maximum Gasteiger partial charge on any atom is 0.337 e. The van der Waals surface area contributed by atoms with Gasteiger partial charge in [-0.05, 0) is 59.7 Å². The molecule has 35 heavy (non-hydrogen) atoms. The number of ketones is 1. The van der Waals surface area contributed by atoms with Crippen LogP contribution in [0.15, 0.2) is 72.3 Å². The van der Waals surface area contributed by atoms with Crippen molar-refractivity contribution < 1.29 is 38.4 Å². The number of aliphatic carboxylic acids is 1. The van der Waals surface area contributed by atoms with Crippen molar-refractivity contribution in [3.63, 3.8) is 0 Å². The molecule has 0 saturated carbocycles. The van der Waals surface area contributed by atoms with Gasteiger partial charge in [0.15, 0.2) is 17.3 Å². The number of hydrogen-bond donors (Lipinski definition) is 1. The minimum absolute atomic E-state index is 0.0306. The predicted molar refractivity (Wildman–Crippen MR) is 126 cm³/mol. The van der Waals surface area contributed by atoms with Gasteiger partial charge in [0.25, 0.3) is 0 Å². The zero-order valence-electron chi connectivity index (χ0n) is 19.1. The summed E-state index contributed by atoms with van der Waals surface area (Å²) in [7, 11) is 2.79. The van der Waals surface area contributed by atoms with Crippen LogP contribution in [0, 0.1) is 0 Å². The number of carboxylic acid groups (broad SMARTS) is 1. The highest BCUT2D eigenvalue weighted by Gasteiger charge is 2.26. The fourth-order valence-corrected chi connectivity index (χ4v) is 3.81. The summed E-state index contributed by atoms with van der Waals surface area (Å²) in [5.74, 6) is -0.825. The standard InChI is InChI=1S/C27H22O8/c1-32-20-9-6-17(7-10-20)25(28)21(13-16-4-3-5-19(12-16)27(31)33-2)24(26(29)30)18-8-11-22-23(14-18)35-15-34-22/h3-12,14H,13,15H2,1-2H3,(H,29,30). The van der Waals surface area contributed by atoms with Gasteiger partial charge in [0.2, 0.25) is 6.79 Å². The van der Waals surface area contributed by atoms with Crippen LogP contribution in [0.25, 0.3) is 5.57 Å². The van der Waals surface area contributed by atoms with Gasteiger partial charge in [-0.2, -0.15) is 0 Å². The normalized spacial score (nSPS) is 12.5. The van der Waals surface area contributed by atoms with Crippen LogP contribution in [0.1, 0.15) is 31.8 Å². The molecule has 0 spiro atoms. The summed E-state index contributed by atoms with van der Waals surface area (Å²) in [5.41, 5.74) is 1.33. The molecule has 0 radical (unpaired) electrons. The lowest BCUT2D eigenvalue weighted by atomic mass is 9.89. The molecule has 0 fully saturated rings. The SMILES string of the molecule is COC(=O)c1cccc(CC(C(=O)c2ccc(OC)cc2)=C(C(=O)O)c2ccc3c(c2)OCO3)c1. The third-order valence-electron chi connectivity index (χ3n) is 5.53. The molecule has 0 aromatic heterocycles. The lowest BCUT2D eigenvalue weighted by Crippen LogP contribution is -2.14. The van der Waals surface area contributed by atoms with Crippen molar-refractivity contribution in [2.75, 3.05) is 21.0 Å². The molecule has 8 heteroatoms. The van der Waals surface area contributed by atoms with Crippen molar-refractivity contribution in [2.24, 2.45) is 0 Å². The van der Waals surface area contributed by atoms with E-state index in [9.17, 15) is 19.5 Å². The summed E-state index contributed by atoms with van der Waals surface area (Å²) in [6, 6.07) is 17.6. The number of rotatable bonds is 8. The Morgan fingerprint density at radius 2 is 1.57 bits per heavy atom. The van der Waals surface area contributed by atoms with E-state index in [1.165, 1.54) is 20.3 Å². The zero-order chi connectivity index (χ0) is 24.9. The molecule has 8 nitrogen and oxygen atoms in total. The lowest BCUT2D eigenvalue weighted by Gasteiger charge is -2.14. The van der Waals surface area contributed by atoms with Crippen molar-refractivity contribution in [1.82, 2.24) is 0 Å². The average molecular weight is 474 g/mol. The smallest absolute Gasteiger partial charge is 0.337 e. The Morgan fingerprint density at radius 1 is 0.857 bits per heavy atom. The van der Waals surface area contributed by atoms with Crippen LogP contribution in [-0.4, -0.2) is 43.8 Å². The average Bonchev–Trinajstić information content (AvgIpc) is 3.35. The van der Waals surface area contributed by atoms with Gasteiger partial charge in [-0.1, -0.05) is 18.2 Å². The Hall–Kier alpha value is -4.59. The Morgan fingerprint density at radius 3 is 2.26 bits per heavy atom. The second-order valence-electron chi connectivity index (χ2n) is 7.65. The summed E-state index contributed by atoms with van der Waals surface area (Å²) in [4.78, 5) is 38.2. The molecule has 1 heterocycles. The quantitative estimate of drug-likeness (QED) is 0.294. The number of Topliss-reactive ketones (excluding diaryl/α,β-unsaturated/α-hetero) is 1. The van der Waals surface area contributed by atoms with Gasteiger partial charge in [-0.15, -0.1) is 0 Å². The number of carbonyl (C=O) groups excluding carboxylic acids is 2. The molecule has 4 rings (SSSR count). The first-order valence-corrected chi connectivity index (χ1v) is 10.6. The van der Waals surface area contributed by atoms with E-state index in [0.717, 1.165) is 0 Å². The number of carbonyl (C=O) groups is 3. The van der Waals surface area contributed by atoms with Crippen molar-refractivity contribution in [1.29, 1.82) is 0 Å². The molecule has 178 valence electrons. The van der Waals surface area contributed by atoms with Crippen LogP contribution in [-0.2, 0) is 16.0 Å². The molecule has 1 N–H and O–H groups in total. The van der Waals surface area contributed by atoms with Crippen LogP contribution in [0.5, 0.6) is 17.2 Å². The van der Waals surface area contributed by atoms with E-state index in [-0.39, 0.29) is 24.4 Å². The molecular formula is C27H22O8. The van der Waals surface area contributed by atoms with Crippen LogP contribution in [0.4, 0.5) is 0 Å². The number of ether oxygens (including phenoxy) is 4. The number of fused-ring (bicyclic) bond motifs is 1. The third-order valence-corrected chi connectivity index (χ3v) is 5.53. The van der Waals surface area contributed by atoms with E-state index in [4.69, 9.17) is 18.9 Å². The lowest BCUT2D eigenvalue weighted by molar-refractivity contribution is -0.130. The number of allylic oxidation sites excluding steroid dienone is 1. The number of hydrogen-bond acceptors (Lipinski definition) is 7. The van der Waals surface area contributed by atoms with E-state index in [1.807, 2.05) is 0 Å². The molecular weight excluding hydrogens is 452 g/mol. The van der Waals surface area contributed by atoms with Crippen LogP contribution in [0.3, 0.4) is 0 Å². The summed E-state index contributed by atoms with van der Waals surface area (Å²) in [6.45, 7) is 0.0306. The Kier molecular flexibility index (Phi) is 6.82. The Labute approximate surface area is 201 Å². The molecule has 3 aromatic rings. The first-order valence-electron chi connectivity index (χ1n) is 10.6. The third kappa shape index (κ3) is 5.01. The Balaban J connectivity index is 1.86. The molecule has 0 amide bonds. The molecule has 0 atom stereocenters. The summed E-state index contributed by atoms with van der Waals surface area (Å²) >= 11 is 0. The van der Waals surface area contributed by atoms with E-state index in [2.05, 4.69) is 0 Å². The van der Waals surface area contributed by atoms with E-state index < -0.39 is 17.7 Å². The summed E-state index contributed by atoms with van der Waals surface area (Å²) < 4.78 is 20.7. The van der Waals surface area contributed by atoms with E-state index in [0.29, 0.717) is 39.5 Å². The molecule has 0 unspecified atom stereocenters. The molecule has 1 aliphatic rings. The first-order chi connectivity index (χ1) is 16.9. The number of benzene rings is 3. The van der Waals surface area contributed by atoms with Gasteiger partial charge in [0, 0.05) is 17.6 Å². The van der Waals surface area contributed by atoms with Crippen molar-refractivity contribution >= 4 is 23.3 Å². The monoisotopic (exact) mass is 474 g/mol. The number of esters is 1. The van der Waals surface area contributed by atoms with Crippen LogP contribution >= 0.6 is 0 Å². The molecule has 3 aromatic carbocycles. The van der Waals surface area contributed by atoms with Crippen molar-refractivity contribution in [2.45, 2.75) is 6.42 Å². The number of methoxy groups -OCH3 is 2. The van der Waals surface area contributed by atoms with Gasteiger partial charge < -0.3 is 24.1 Å². The van der Waals surface area contributed by atoms with Crippen molar-refractivity contribution in [3.05, 3.63) is 94.6 Å². The second kappa shape index (κ2) is 10.1. The molecule has 1 aliphatic heterocycles. The summed E-state index contributed by atoms with van der Waals surface area (Å²) in [5, 5.41) is 10.2. The van der Waals surface area contributed by atoms with Crippen LogP contribution in [0.2, 0.25) is 0 Å². The topological polar surface area (TPSA) is 108 Å². The highest BCUT2D eigenvalue weighted by Crippen LogP contribution is 2.36. The Bertz CT molecular complexity index is 1320. The maximum absolute atomic E-state index is 13.7. The predicted octanol–water partition coefficient (Wildman–Crippen LogP) is 4.17. The fourth-order valence-electron chi connectivity index (χ4n) is 3.81. The largest absolute Gasteiger partial charge is 0.497 e. The summed E-state index contributed by atoms with van der Waals surface area (Å²) in [6.07, 6.45) is -0.0359. The number of carboxylic acids is 1. The van der Waals surface area contributed by atoms with Crippen LogP contribution < -0.4 is 14.2 Å². The van der Waals surface area contributed by atoms with Gasteiger partial charge in [-0.25, -0.2) is 9.59 Å². The maximum atomic E-state index is 13.7. The van der Waals surface area contributed by atoms with E-state index >= 15 is 0 Å².